The van der Waals surface area contributed by atoms with Crippen LogP contribution in [0.5, 0.6) is 0 Å². The molecule has 0 unspecified atom stereocenters. The molecule has 16 heteroatoms. The molecule has 0 saturated carbocycles. The fourth-order valence-corrected chi connectivity index (χ4v) is 5.24. The molecule has 176 valence electrons. The molecule has 15 nitrogen and oxygen atoms in total. The van der Waals surface area contributed by atoms with Crippen molar-refractivity contribution in [3.63, 3.8) is 0 Å². The normalized spacial score (nSPS) is 26.1. The molecule has 3 saturated heterocycles. The van der Waals surface area contributed by atoms with Gasteiger partial charge in [0.05, 0.1) is 25.5 Å². The van der Waals surface area contributed by atoms with E-state index in [0.717, 1.165) is 21.6 Å². The second-order valence-electron chi connectivity index (χ2n) is 7.71. The van der Waals surface area contributed by atoms with Crippen molar-refractivity contribution >= 4 is 35.6 Å². The average molecular weight is 481 g/mol. The summed E-state index contributed by atoms with van der Waals surface area (Å²) in [5, 5.41) is 30.6. The molecule has 3 amide bonds. The third-order valence-electron chi connectivity index (χ3n) is 5.93. The van der Waals surface area contributed by atoms with Gasteiger partial charge in [0, 0.05) is 13.1 Å². The van der Waals surface area contributed by atoms with Crippen molar-refractivity contribution in [3.8, 4) is 0 Å². The van der Waals surface area contributed by atoms with E-state index in [1.807, 2.05) is 0 Å². The largest absolute Gasteiger partial charge is 0.487 e. The van der Waals surface area contributed by atoms with Gasteiger partial charge >= 0.3 is 12.1 Å². The van der Waals surface area contributed by atoms with Crippen molar-refractivity contribution in [2.24, 2.45) is 0 Å². The number of aromatic nitrogens is 4. The molecule has 33 heavy (non-hydrogen) atoms. The van der Waals surface area contributed by atoms with Gasteiger partial charge in [0.1, 0.15) is 30.5 Å². The number of nitrogens with zero attached hydrogens (tertiary/aromatic N) is 7. The molecule has 0 aliphatic carbocycles. The van der Waals surface area contributed by atoms with Gasteiger partial charge in [-0.2, -0.15) is 0 Å². The number of carbonyl (C=O) groups is 4. The molecule has 3 fully saturated rings. The molecule has 1 aromatic rings. The monoisotopic (exact) mass is 481 g/mol. The van der Waals surface area contributed by atoms with Crippen LogP contribution in [0.3, 0.4) is 0 Å². The van der Waals surface area contributed by atoms with Crippen LogP contribution in [0.4, 0.5) is 4.79 Å². The zero-order chi connectivity index (χ0) is 23.3. The molecular weight excluding hydrogens is 462 g/mol. The van der Waals surface area contributed by atoms with E-state index in [2.05, 4.69) is 15.5 Å². The number of hydrogen-bond donors (Lipinski definition) is 2. The third-order valence-corrected chi connectivity index (χ3v) is 6.89. The highest BCUT2D eigenvalue weighted by atomic mass is 32.2. The number of carbonyl (C=O) groups excluding carboxylic acids is 2. The Morgan fingerprint density at radius 2 is 1.94 bits per heavy atom. The molecule has 2 N–H and O–H groups in total. The first-order valence-electron chi connectivity index (χ1n) is 10.1. The summed E-state index contributed by atoms with van der Waals surface area (Å²) in [7, 11) is 0. The van der Waals surface area contributed by atoms with Gasteiger partial charge < -0.3 is 24.6 Å². The fraction of sp³-hybridized carbons (Fsp3) is 0.588. The van der Waals surface area contributed by atoms with Crippen LogP contribution >= 0.6 is 11.8 Å². The number of hydrogen-bond acceptors (Lipinski definition) is 10. The lowest BCUT2D eigenvalue weighted by atomic mass is 9.91. The van der Waals surface area contributed by atoms with Crippen LogP contribution in [-0.4, -0.2) is 126 Å². The lowest BCUT2D eigenvalue weighted by Crippen LogP contribution is -2.70. The lowest BCUT2D eigenvalue weighted by molar-refractivity contribution is -0.160. The highest BCUT2D eigenvalue weighted by molar-refractivity contribution is 7.99. The van der Waals surface area contributed by atoms with E-state index in [0.29, 0.717) is 26.3 Å². The van der Waals surface area contributed by atoms with Crippen LogP contribution in [0, 0.1) is 0 Å². The second kappa shape index (κ2) is 8.18. The topological polar surface area (TPSA) is 181 Å². The molecule has 4 aliphatic rings. The van der Waals surface area contributed by atoms with Crippen molar-refractivity contribution in [1.29, 1.82) is 0 Å². The van der Waals surface area contributed by atoms with E-state index >= 15 is 0 Å². The van der Waals surface area contributed by atoms with E-state index in [-0.39, 0.29) is 41.4 Å². The van der Waals surface area contributed by atoms with Gasteiger partial charge in [0.2, 0.25) is 11.1 Å². The summed E-state index contributed by atoms with van der Waals surface area (Å²) in [6, 6.07) is -1.60. The molecule has 0 bridgehead atoms. The fourth-order valence-electron chi connectivity index (χ4n) is 4.43. The maximum Gasteiger partial charge on any atom is 0.408 e. The number of ether oxygens (including phenoxy) is 2. The summed E-state index contributed by atoms with van der Waals surface area (Å²) in [5.41, 5.74) is -0.319. The van der Waals surface area contributed by atoms with Crippen molar-refractivity contribution < 1.29 is 38.9 Å². The molecule has 1 aromatic heterocycles. The lowest BCUT2D eigenvalue weighted by Gasteiger charge is -2.48. The Morgan fingerprint density at radius 3 is 2.64 bits per heavy atom. The molecule has 5 heterocycles. The summed E-state index contributed by atoms with van der Waals surface area (Å²) in [5.74, 6) is -2.13. The number of amides is 3. The van der Waals surface area contributed by atoms with Crippen LogP contribution < -0.4 is 0 Å². The summed E-state index contributed by atoms with van der Waals surface area (Å²) in [6.45, 7) is 1.75. The number of β-lactam (4-membered cyclic amide) rings is 1. The number of morpholine rings is 1. The number of thioether (sulfide) groups is 1. The SMILES string of the molecule is O=C(O)C1=C(CSc2nnnn2CC(=O)N2CCOCC2)O[C@@H]2CN(C(=O)O)[C@@H]3C(=O)N1[C@@H]32. The van der Waals surface area contributed by atoms with Crippen molar-refractivity contribution in [2.75, 3.05) is 38.6 Å². The molecule has 0 radical (unpaired) electrons. The maximum absolute atomic E-state index is 12.6. The van der Waals surface area contributed by atoms with Crippen LogP contribution in [0.2, 0.25) is 0 Å². The highest BCUT2D eigenvalue weighted by Gasteiger charge is 2.65. The summed E-state index contributed by atoms with van der Waals surface area (Å²) in [4.78, 5) is 52.1. The van der Waals surface area contributed by atoms with Crippen molar-refractivity contribution in [2.45, 2.75) is 29.9 Å². The molecule has 0 aromatic carbocycles. The minimum atomic E-state index is -1.35. The quantitative estimate of drug-likeness (QED) is 0.334. The van der Waals surface area contributed by atoms with Gasteiger partial charge in [-0.15, -0.1) is 5.10 Å². The number of carboxylic acids is 1. The van der Waals surface area contributed by atoms with Gasteiger partial charge in [0.15, 0.2) is 5.70 Å². The van der Waals surface area contributed by atoms with E-state index in [1.165, 1.54) is 4.68 Å². The summed E-state index contributed by atoms with van der Waals surface area (Å²) < 4.78 is 12.4. The first-order valence-corrected chi connectivity index (χ1v) is 11.1. The Labute approximate surface area is 189 Å². The molecule has 3 atom stereocenters. The standard InChI is InChI=1S/C17H19N7O8S/c25-10(21-1-3-31-4-2-21)6-23-16(18-19-20-23)33-7-9-12(15(27)28)24-11-8(32-9)5-22(17(29)30)13(11)14(24)26/h8,11,13H,1-7H2,(H,27,28)(H,29,30)/t8-,11-,13+/m1/s1. The van der Waals surface area contributed by atoms with Gasteiger partial charge in [0.25, 0.3) is 5.91 Å². The van der Waals surface area contributed by atoms with E-state index in [4.69, 9.17) is 9.47 Å². The molecule has 0 spiro atoms. The zero-order valence-corrected chi connectivity index (χ0v) is 17.9. The second-order valence-corrected chi connectivity index (χ2v) is 8.66. The molecule has 5 rings (SSSR count). The Morgan fingerprint density at radius 1 is 1.18 bits per heavy atom. The number of carboxylic acid groups (broad SMARTS) is 2. The Bertz CT molecular complexity index is 1050. The van der Waals surface area contributed by atoms with Gasteiger partial charge in [-0.3, -0.25) is 19.4 Å². The number of tetrazole rings is 1. The zero-order valence-electron chi connectivity index (χ0n) is 17.1. The number of rotatable bonds is 6. The first-order chi connectivity index (χ1) is 15.9. The summed E-state index contributed by atoms with van der Waals surface area (Å²) in [6.07, 6.45) is -1.93. The van der Waals surface area contributed by atoms with E-state index in [1.54, 1.807) is 4.90 Å². The van der Waals surface area contributed by atoms with E-state index < -0.39 is 36.2 Å². The van der Waals surface area contributed by atoms with Gasteiger partial charge in [-0.1, -0.05) is 11.8 Å². The third kappa shape index (κ3) is 3.54. The number of likely N-dealkylation sites (tertiary alicyclic amines) is 1. The van der Waals surface area contributed by atoms with Crippen molar-refractivity contribution in [3.05, 3.63) is 11.5 Å². The molecular formula is C17H19N7O8S. The van der Waals surface area contributed by atoms with Crippen LogP contribution in [0.1, 0.15) is 0 Å². The average Bonchev–Trinajstić information content (AvgIpc) is 3.39. The predicted molar refractivity (Wildman–Crippen MR) is 105 cm³/mol. The molecule has 4 aliphatic heterocycles. The summed E-state index contributed by atoms with van der Waals surface area (Å²) >= 11 is 1.05. The maximum atomic E-state index is 12.6. The van der Waals surface area contributed by atoms with Crippen molar-refractivity contribution in [1.82, 2.24) is 34.9 Å². The predicted octanol–water partition coefficient (Wildman–Crippen LogP) is -2.11. The Hall–Kier alpha value is -3.40. The minimum absolute atomic E-state index is 0.0156. The van der Waals surface area contributed by atoms with Gasteiger partial charge in [-0.05, 0) is 10.4 Å². The van der Waals surface area contributed by atoms with Crippen LogP contribution in [0.15, 0.2) is 16.6 Å². The number of aliphatic carboxylic acids is 1. The van der Waals surface area contributed by atoms with Gasteiger partial charge in [-0.25, -0.2) is 14.3 Å². The smallest absolute Gasteiger partial charge is 0.408 e. The van der Waals surface area contributed by atoms with E-state index in [9.17, 15) is 29.4 Å². The van der Waals surface area contributed by atoms with Crippen LogP contribution in [-0.2, 0) is 30.4 Å². The first kappa shape index (κ1) is 21.4. The highest BCUT2D eigenvalue weighted by Crippen LogP contribution is 2.44. The Balaban J connectivity index is 1.31. The van der Waals surface area contributed by atoms with Crippen LogP contribution in [0.25, 0.3) is 0 Å². The Kier molecular flexibility index (Phi) is 5.32. The minimum Gasteiger partial charge on any atom is -0.487 e.